The van der Waals surface area contributed by atoms with Crippen molar-refractivity contribution in [3.05, 3.63) is 59.9 Å². The Morgan fingerprint density at radius 2 is 2.00 bits per heavy atom. The number of rotatable bonds is 5. The first kappa shape index (κ1) is 17.0. The topological polar surface area (TPSA) is 55.8 Å². The van der Waals surface area contributed by atoms with Crippen molar-refractivity contribution in [1.82, 2.24) is 0 Å². The molecule has 1 atom stereocenters. The minimum Gasteiger partial charge on any atom is -0.489 e. The Morgan fingerprint density at radius 1 is 1.24 bits per heavy atom. The number of anilines is 1. The second-order valence-corrected chi connectivity index (χ2v) is 5.84. The summed E-state index contributed by atoms with van der Waals surface area (Å²) in [6.45, 7) is 0.569. The van der Waals surface area contributed by atoms with Crippen molar-refractivity contribution < 1.29 is 23.5 Å². The molecule has 0 radical (unpaired) electrons. The zero-order valence-corrected chi connectivity index (χ0v) is 13.8. The van der Waals surface area contributed by atoms with Gasteiger partial charge in [0.2, 0.25) is 5.91 Å². The molecule has 0 aliphatic carbocycles. The van der Waals surface area contributed by atoms with E-state index in [2.05, 4.69) is 0 Å². The zero-order valence-electron chi connectivity index (χ0n) is 13.8. The number of carbonyl (C=O) groups excluding carboxylic acids is 2. The molecule has 1 saturated heterocycles. The van der Waals surface area contributed by atoms with Crippen molar-refractivity contribution in [1.29, 1.82) is 0 Å². The number of halogens is 1. The molecule has 1 amide bonds. The highest BCUT2D eigenvalue weighted by Crippen LogP contribution is 2.27. The number of esters is 1. The molecule has 0 N–H and O–H groups in total. The number of amides is 1. The summed E-state index contributed by atoms with van der Waals surface area (Å²) in [6, 6.07) is 13.2. The molecule has 1 aliphatic rings. The van der Waals surface area contributed by atoms with Crippen molar-refractivity contribution in [2.45, 2.75) is 13.0 Å². The summed E-state index contributed by atoms with van der Waals surface area (Å²) in [5.74, 6) is -0.593. The fourth-order valence-corrected chi connectivity index (χ4v) is 2.80. The van der Waals surface area contributed by atoms with Gasteiger partial charge in [-0.15, -0.1) is 0 Å². The van der Waals surface area contributed by atoms with Gasteiger partial charge < -0.3 is 14.4 Å². The maximum atomic E-state index is 13.1. The highest BCUT2D eigenvalue weighted by atomic mass is 19.1. The Bertz CT molecular complexity index is 775. The number of benzene rings is 2. The van der Waals surface area contributed by atoms with Crippen LogP contribution >= 0.6 is 0 Å². The van der Waals surface area contributed by atoms with Crippen LogP contribution in [-0.4, -0.2) is 25.5 Å². The van der Waals surface area contributed by atoms with Crippen LogP contribution in [0.15, 0.2) is 48.5 Å². The van der Waals surface area contributed by atoms with E-state index in [1.54, 1.807) is 41.3 Å². The number of hydrogen-bond donors (Lipinski definition) is 0. The average molecular weight is 343 g/mol. The van der Waals surface area contributed by atoms with E-state index in [4.69, 9.17) is 9.47 Å². The quantitative estimate of drug-likeness (QED) is 0.784. The standard InChI is InChI=1S/C19H18FNO4/c1-24-19(23)14-10-18(22)21(11-14)16-5-7-17(8-6-16)25-12-13-3-2-4-15(20)9-13/h2-9,14H,10-12H2,1H3/t14-/m1/s1. The minimum absolute atomic E-state index is 0.108. The molecule has 5 nitrogen and oxygen atoms in total. The summed E-state index contributed by atoms with van der Waals surface area (Å²) < 4.78 is 23.5. The molecule has 0 saturated carbocycles. The Balaban J connectivity index is 1.62. The molecule has 2 aromatic rings. The van der Waals surface area contributed by atoms with Crippen LogP contribution < -0.4 is 9.64 Å². The lowest BCUT2D eigenvalue weighted by atomic mass is 10.1. The molecule has 1 fully saturated rings. The number of nitrogens with zero attached hydrogens (tertiary/aromatic N) is 1. The first-order chi connectivity index (χ1) is 12.1. The van der Waals surface area contributed by atoms with Gasteiger partial charge in [0.15, 0.2) is 0 Å². The van der Waals surface area contributed by atoms with Crippen LogP contribution in [-0.2, 0) is 20.9 Å². The largest absolute Gasteiger partial charge is 0.489 e. The summed E-state index contributed by atoms with van der Waals surface area (Å²) in [5.41, 5.74) is 1.44. The van der Waals surface area contributed by atoms with E-state index >= 15 is 0 Å². The Morgan fingerprint density at radius 3 is 2.68 bits per heavy atom. The summed E-state index contributed by atoms with van der Waals surface area (Å²) in [6.07, 6.45) is 0.157. The second-order valence-electron chi connectivity index (χ2n) is 5.84. The normalized spacial score (nSPS) is 16.8. The first-order valence-corrected chi connectivity index (χ1v) is 7.92. The highest BCUT2D eigenvalue weighted by molar-refractivity contribution is 5.99. The molecular formula is C19H18FNO4. The highest BCUT2D eigenvalue weighted by Gasteiger charge is 2.35. The van der Waals surface area contributed by atoms with Gasteiger partial charge in [0.25, 0.3) is 0 Å². The Hall–Kier alpha value is -2.89. The van der Waals surface area contributed by atoms with Gasteiger partial charge in [0, 0.05) is 18.7 Å². The van der Waals surface area contributed by atoms with E-state index in [1.165, 1.54) is 19.2 Å². The van der Waals surface area contributed by atoms with Crippen LogP contribution in [0.2, 0.25) is 0 Å². The van der Waals surface area contributed by atoms with E-state index < -0.39 is 5.92 Å². The molecule has 1 aliphatic heterocycles. The van der Waals surface area contributed by atoms with Gasteiger partial charge >= 0.3 is 5.97 Å². The molecule has 0 spiro atoms. The second kappa shape index (κ2) is 7.34. The van der Waals surface area contributed by atoms with E-state index in [0.717, 1.165) is 5.56 Å². The molecular weight excluding hydrogens is 325 g/mol. The predicted molar refractivity (Wildman–Crippen MR) is 89.7 cm³/mol. The number of methoxy groups -OCH3 is 1. The van der Waals surface area contributed by atoms with Crippen LogP contribution in [0.4, 0.5) is 10.1 Å². The van der Waals surface area contributed by atoms with E-state index in [9.17, 15) is 14.0 Å². The fourth-order valence-electron chi connectivity index (χ4n) is 2.80. The van der Waals surface area contributed by atoms with Gasteiger partial charge in [0.1, 0.15) is 18.2 Å². The minimum atomic E-state index is -0.429. The third-order valence-corrected chi connectivity index (χ3v) is 4.10. The first-order valence-electron chi connectivity index (χ1n) is 7.92. The van der Waals surface area contributed by atoms with Crippen LogP contribution in [0.1, 0.15) is 12.0 Å². The number of carbonyl (C=O) groups is 2. The lowest BCUT2D eigenvalue weighted by molar-refractivity contribution is -0.145. The lowest BCUT2D eigenvalue weighted by Gasteiger charge is -2.17. The number of hydrogen-bond acceptors (Lipinski definition) is 4. The summed E-state index contributed by atoms with van der Waals surface area (Å²) in [4.78, 5) is 25.2. The van der Waals surface area contributed by atoms with Crippen molar-refractivity contribution in [3.8, 4) is 5.75 Å². The van der Waals surface area contributed by atoms with Crippen LogP contribution in [0, 0.1) is 11.7 Å². The molecule has 0 unspecified atom stereocenters. The lowest BCUT2D eigenvalue weighted by Crippen LogP contribution is -2.26. The third-order valence-electron chi connectivity index (χ3n) is 4.10. The van der Waals surface area contributed by atoms with Crippen molar-refractivity contribution in [2.75, 3.05) is 18.6 Å². The molecule has 130 valence electrons. The Kier molecular flexibility index (Phi) is 4.97. The molecule has 6 heteroatoms. The molecule has 25 heavy (non-hydrogen) atoms. The zero-order chi connectivity index (χ0) is 17.8. The summed E-state index contributed by atoms with van der Waals surface area (Å²) in [5, 5.41) is 0. The van der Waals surface area contributed by atoms with Gasteiger partial charge in [-0.05, 0) is 42.0 Å². The smallest absolute Gasteiger partial charge is 0.311 e. The van der Waals surface area contributed by atoms with Gasteiger partial charge in [-0.25, -0.2) is 4.39 Å². The van der Waals surface area contributed by atoms with Gasteiger partial charge in [-0.1, -0.05) is 12.1 Å². The molecule has 2 aromatic carbocycles. The van der Waals surface area contributed by atoms with Gasteiger partial charge in [-0.3, -0.25) is 9.59 Å². The van der Waals surface area contributed by atoms with Crippen molar-refractivity contribution in [2.24, 2.45) is 5.92 Å². The SMILES string of the molecule is COC(=O)[C@@H]1CC(=O)N(c2ccc(OCc3cccc(F)c3)cc2)C1. The predicted octanol–water partition coefficient (Wildman–Crippen LogP) is 2.93. The molecule has 0 bridgehead atoms. The maximum Gasteiger partial charge on any atom is 0.311 e. The fraction of sp³-hybridized carbons (Fsp3) is 0.263. The van der Waals surface area contributed by atoms with E-state index in [1.807, 2.05) is 0 Å². The summed E-state index contributed by atoms with van der Waals surface area (Å²) in [7, 11) is 1.32. The van der Waals surface area contributed by atoms with Gasteiger partial charge in [-0.2, -0.15) is 0 Å². The number of ether oxygens (including phenoxy) is 2. The average Bonchev–Trinajstić information content (AvgIpc) is 3.01. The Labute approximate surface area is 145 Å². The van der Waals surface area contributed by atoms with Crippen molar-refractivity contribution >= 4 is 17.6 Å². The molecule has 0 aromatic heterocycles. The van der Waals surface area contributed by atoms with Crippen molar-refractivity contribution in [3.63, 3.8) is 0 Å². The van der Waals surface area contributed by atoms with Crippen LogP contribution in [0.5, 0.6) is 5.75 Å². The molecule has 1 heterocycles. The summed E-state index contributed by atoms with van der Waals surface area (Å²) >= 11 is 0. The maximum absolute atomic E-state index is 13.1. The van der Waals surface area contributed by atoms with E-state index in [-0.39, 0.29) is 30.7 Å². The monoisotopic (exact) mass is 343 g/mol. The van der Waals surface area contributed by atoms with E-state index in [0.29, 0.717) is 18.0 Å². The van der Waals surface area contributed by atoms with Crippen LogP contribution in [0.25, 0.3) is 0 Å². The third kappa shape index (κ3) is 3.96. The van der Waals surface area contributed by atoms with Crippen LogP contribution in [0.3, 0.4) is 0 Å². The molecule has 3 rings (SSSR count). The van der Waals surface area contributed by atoms with Gasteiger partial charge in [0.05, 0.1) is 13.0 Å².